The smallest absolute Gasteiger partial charge is 0.266 e. The van der Waals surface area contributed by atoms with Crippen LogP contribution in [0.5, 0.6) is 5.75 Å². The normalized spacial score (nSPS) is 12.3. The van der Waals surface area contributed by atoms with E-state index < -0.39 is 32.4 Å². The van der Waals surface area contributed by atoms with E-state index in [9.17, 15) is 16.8 Å². The number of anilines is 1. The molecule has 108 valence electrons. The molecule has 0 atom stereocenters. The van der Waals surface area contributed by atoms with Gasteiger partial charge in [0.05, 0.1) is 23.4 Å². The first-order valence-corrected chi connectivity index (χ1v) is 8.13. The van der Waals surface area contributed by atoms with E-state index in [1.54, 1.807) is 0 Å². The van der Waals surface area contributed by atoms with Gasteiger partial charge in [-0.15, -0.1) is 0 Å². The number of methoxy groups -OCH3 is 1. The number of hydrogen-bond donors (Lipinski definition) is 3. The van der Waals surface area contributed by atoms with Gasteiger partial charge in [0.25, 0.3) is 10.1 Å². The summed E-state index contributed by atoms with van der Waals surface area (Å²) in [6.07, 6.45) is 0. The standard InChI is InChI=1S/C9H14N2O6S2/c1-17-9-6-7(2-3-8(9)10)19(15,16)11-4-5-18(12,13)14/h2-3,6,11H,4-5,10H2,1H3,(H,12,13,14). The summed E-state index contributed by atoms with van der Waals surface area (Å²) in [5.41, 5.74) is 5.83. The van der Waals surface area contributed by atoms with Gasteiger partial charge in [-0.05, 0) is 12.1 Å². The quantitative estimate of drug-likeness (QED) is 0.473. The Hall–Kier alpha value is -1.36. The lowest BCUT2D eigenvalue weighted by Gasteiger charge is -2.09. The van der Waals surface area contributed by atoms with Crippen molar-refractivity contribution in [1.29, 1.82) is 0 Å². The van der Waals surface area contributed by atoms with Crippen molar-refractivity contribution < 1.29 is 26.1 Å². The second kappa shape index (κ2) is 5.74. The Balaban J connectivity index is 2.89. The summed E-state index contributed by atoms with van der Waals surface area (Å²) in [4.78, 5) is -0.117. The van der Waals surface area contributed by atoms with E-state index in [-0.39, 0.29) is 16.3 Å². The van der Waals surface area contributed by atoms with Crippen LogP contribution in [0.1, 0.15) is 0 Å². The molecule has 0 fully saturated rings. The fourth-order valence-corrected chi connectivity index (χ4v) is 2.78. The molecule has 0 aromatic heterocycles. The lowest BCUT2D eigenvalue weighted by Crippen LogP contribution is -2.29. The molecule has 1 aromatic carbocycles. The molecule has 0 amide bonds. The predicted molar refractivity (Wildman–Crippen MR) is 69.0 cm³/mol. The van der Waals surface area contributed by atoms with Gasteiger partial charge in [-0.2, -0.15) is 8.42 Å². The maximum Gasteiger partial charge on any atom is 0.266 e. The van der Waals surface area contributed by atoms with Gasteiger partial charge >= 0.3 is 0 Å². The Labute approximate surface area is 111 Å². The van der Waals surface area contributed by atoms with Crippen LogP contribution in [0.3, 0.4) is 0 Å². The molecule has 0 aliphatic heterocycles. The lowest BCUT2D eigenvalue weighted by atomic mass is 10.3. The number of nitrogens with two attached hydrogens (primary N) is 1. The van der Waals surface area contributed by atoms with Crippen LogP contribution >= 0.6 is 0 Å². The summed E-state index contributed by atoms with van der Waals surface area (Å²) >= 11 is 0. The van der Waals surface area contributed by atoms with Crippen LogP contribution in [0.2, 0.25) is 0 Å². The molecule has 19 heavy (non-hydrogen) atoms. The van der Waals surface area contributed by atoms with Crippen LogP contribution in [0.15, 0.2) is 23.1 Å². The van der Waals surface area contributed by atoms with E-state index in [4.69, 9.17) is 15.0 Å². The van der Waals surface area contributed by atoms with Gasteiger partial charge in [0.2, 0.25) is 10.0 Å². The molecular formula is C9H14N2O6S2. The number of hydrogen-bond acceptors (Lipinski definition) is 6. The van der Waals surface area contributed by atoms with Crippen LogP contribution < -0.4 is 15.2 Å². The SMILES string of the molecule is COc1cc(S(=O)(=O)NCCS(=O)(=O)O)ccc1N. The number of rotatable bonds is 6. The molecule has 0 spiro atoms. The molecule has 0 aliphatic rings. The maximum atomic E-state index is 11.8. The first kappa shape index (κ1) is 15.7. The van der Waals surface area contributed by atoms with Gasteiger partial charge in [0.15, 0.2) is 0 Å². The maximum absolute atomic E-state index is 11.8. The van der Waals surface area contributed by atoms with Crippen molar-refractivity contribution >= 4 is 25.8 Å². The fourth-order valence-electron chi connectivity index (χ4n) is 1.25. The molecule has 1 aromatic rings. The monoisotopic (exact) mass is 310 g/mol. The fraction of sp³-hybridized carbons (Fsp3) is 0.333. The van der Waals surface area contributed by atoms with Crippen LogP contribution in [0, 0.1) is 0 Å². The van der Waals surface area contributed by atoms with Crippen molar-refractivity contribution in [2.24, 2.45) is 0 Å². The Bertz CT molecular complexity index is 653. The summed E-state index contributed by atoms with van der Waals surface area (Å²) in [6, 6.07) is 3.83. The number of benzene rings is 1. The van der Waals surface area contributed by atoms with Crippen LogP contribution in [0.25, 0.3) is 0 Å². The second-order valence-corrected chi connectivity index (χ2v) is 6.93. The highest BCUT2D eigenvalue weighted by atomic mass is 32.2. The highest BCUT2D eigenvalue weighted by Crippen LogP contribution is 2.24. The minimum Gasteiger partial charge on any atom is -0.495 e. The third kappa shape index (κ3) is 4.67. The van der Waals surface area contributed by atoms with Crippen LogP contribution in [-0.4, -0.2) is 40.8 Å². The predicted octanol–water partition coefficient (Wildman–Crippen LogP) is -0.556. The molecule has 0 heterocycles. The van der Waals surface area contributed by atoms with Crippen molar-refractivity contribution in [1.82, 2.24) is 4.72 Å². The Morgan fingerprint density at radius 1 is 1.32 bits per heavy atom. The molecule has 0 aliphatic carbocycles. The topological polar surface area (TPSA) is 136 Å². The molecule has 1 rings (SSSR count). The lowest BCUT2D eigenvalue weighted by molar-refractivity contribution is 0.415. The number of nitrogen functional groups attached to an aromatic ring is 1. The van der Waals surface area contributed by atoms with Gasteiger partial charge in [0.1, 0.15) is 5.75 Å². The van der Waals surface area contributed by atoms with E-state index in [1.165, 1.54) is 25.3 Å². The zero-order chi connectivity index (χ0) is 14.7. The summed E-state index contributed by atoms with van der Waals surface area (Å²) in [5.74, 6) is -0.518. The van der Waals surface area contributed by atoms with Crippen molar-refractivity contribution in [2.45, 2.75) is 4.90 Å². The Morgan fingerprint density at radius 3 is 2.47 bits per heavy atom. The molecular weight excluding hydrogens is 296 g/mol. The first-order chi connectivity index (χ1) is 8.65. The minimum absolute atomic E-state index is 0.117. The minimum atomic E-state index is -4.22. The van der Waals surface area contributed by atoms with Gasteiger partial charge in [-0.3, -0.25) is 4.55 Å². The second-order valence-electron chi connectivity index (χ2n) is 3.59. The van der Waals surface area contributed by atoms with Gasteiger partial charge in [-0.1, -0.05) is 0 Å². The third-order valence-electron chi connectivity index (χ3n) is 2.17. The van der Waals surface area contributed by atoms with Gasteiger partial charge in [-0.25, -0.2) is 13.1 Å². The average Bonchev–Trinajstić information content (AvgIpc) is 2.27. The van der Waals surface area contributed by atoms with Crippen molar-refractivity contribution in [3.8, 4) is 5.75 Å². The van der Waals surface area contributed by atoms with Crippen LogP contribution in [-0.2, 0) is 20.1 Å². The van der Waals surface area contributed by atoms with E-state index in [1.807, 2.05) is 4.72 Å². The van der Waals surface area contributed by atoms with Gasteiger partial charge in [0, 0.05) is 12.6 Å². The zero-order valence-corrected chi connectivity index (χ0v) is 11.7. The van der Waals surface area contributed by atoms with Crippen molar-refractivity contribution in [2.75, 3.05) is 25.1 Å². The Kier molecular flexibility index (Phi) is 4.74. The van der Waals surface area contributed by atoms with E-state index in [2.05, 4.69) is 0 Å². The molecule has 0 radical (unpaired) electrons. The highest BCUT2D eigenvalue weighted by molar-refractivity contribution is 7.89. The van der Waals surface area contributed by atoms with Crippen LogP contribution in [0.4, 0.5) is 5.69 Å². The summed E-state index contributed by atoms with van der Waals surface area (Å²) < 4.78 is 60.0. The zero-order valence-electron chi connectivity index (χ0n) is 10.0. The molecule has 0 saturated heterocycles. The Morgan fingerprint density at radius 2 is 1.95 bits per heavy atom. The number of nitrogens with one attached hydrogen (secondary N) is 1. The average molecular weight is 310 g/mol. The molecule has 4 N–H and O–H groups in total. The van der Waals surface area contributed by atoms with Crippen molar-refractivity contribution in [3.05, 3.63) is 18.2 Å². The molecule has 0 bridgehead atoms. The molecule has 10 heteroatoms. The summed E-state index contributed by atoms with van der Waals surface area (Å²) in [7, 11) is -6.77. The molecule has 0 unspecified atom stereocenters. The largest absolute Gasteiger partial charge is 0.495 e. The molecule has 8 nitrogen and oxygen atoms in total. The highest BCUT2D eigenvalue weighted by Gasteiger charge is 2.16. The molecule has 0 saturated carbocycles. The van der Waals surface area contributed by atoms with E-state index in [0.717, 1.165) is 0 Å². The summed E-state index contributed by atoms with van der Waals surface area (Å²) in [5, 5.41) is 0. The summed E-state index contributed by atoms with van der Waals surface area (Å²) in [6.45, 7) is -0.437. The number of sulfonamides is 1. The first-order valence-electron chi connectivity index (χ1n) is 5.04. The van der Waals surface area contributed by atoms with E-state index >= 15 is 0 Å². The van der Waals surface area contributed by atoms with Crippen molar-refractivity contribution in [3.63, 3.8) is 0 Å². The number of ether oxygens (including phenoxy) is 1. The third-order valence-corrected chi connectivity index (χ3v) is 4.35. The van der Waals surface area contributed by atoms with E-state index in [0.29, 0.717) is 0 Å². The van der Waals surface area contributed by atoms with Gasteiger partial charge < -0.3 is 10.5 Å².